The van der Waals surface area contributed by atoms with Gasteiger partial charge < -0.3 is 0 Å². The van der Waals surface area contributed by atoms with Crippen molar-refractivity contribution in [3.05, 3.63) is 72.8 Å². The predicted octanol–water partition coefficient (Wildman–Crippen LogP) is 0.321. The van der Waals surface area contributed by atoms with Crippen LogP contribution < -0.4 is 12.5 Å². The zero-order chi connectivity index (χ0) is 23.0. The van der Waals surface area contributed by atoms with E-state index in [2.05, 4.69) is 0 Å². The van der Waals surface area contributed by atoms with E-state index in [-0.39, 0.29) is 14.7 Å². The minimum atomic E-state index is -4.38. The van der Waals surface area contributed by atoms with E-state index >= 15 is 0 Å². The fourth-order valence-corrected chi connectivity index (χ4v) is 12.3. The molecular formula is C18H15O9S3Zn. The first-order valence-electron chi connectivity index (χ1n) is 8.68. The van der Waals surface area contributed by atoms with Crippen LogP contribution in [0.1, 0.15) is 0 Å². The van der Waals surface area contributed by atoms with Gasteiger partial charge in [-0.15, -0.1) is 0 Å². The van der Waals surface area contributed by atoms with E-state index in [0.29, 0.717) is 0 Å². The van der Waals surface area contributed by atoms with Crippen LogP contribution in [0.15, 0.2) is 87.5 Å². The van der Waals surface area contributed by atoms with Crippen LogP contribution in [0.5, 0.6) is 0 Å². The SMILES string of the molecule is O=S(=O)(O)c1cc[c]([Zn]([c]2ccc(S(=O)(=O)O)cc2)[c]2ccc(S(=O)(=O)O)cc2)cc1. The van der Waals surface area contributed by atoms with E-state index < -0.39 is 46.3 Å². The average Bonchev–Trinajstić information content (AvgIpc) is 2.67. The quantitative estimate of drug-likeness (QED) is 0.297. The van der Waals surface area contributed by atoms with Crippen molar-refractivity contribution in [2.24, 2.45) is 0 Å². The van der Waals surface area contributed by atoms with Crippen LogP contribution in [-0.4, -0.2) is 38.9 Å². The maximum atomic E-state index is 11.3. The summed E-state index contributed by atoms with van der Waals surface area (Å²) in [5, 5.41) is 0. The maximum absolute atomic E-state index is 11.3. The summed E-state index contributed by atoms with van der Waals surface area (Å²) in [7, 11) is -13.2. The van der Waals surface area contributed by atoms with Crippen LogP contribution in [0.25, 0.3) is 0 Å². The first-order valence-corrected chi connectivity index (χ1v) is 17.5. The van der Waals surface area contributed by atoms with Gasteiger partial charge in [0.1, 0.15) is 0 Å². The predicted molar refractivity (Wildman–Crippen MR) is 108 cm³/mol. The first kappa shape index (κ1) is 23.7. The van der Waals surface area contributed by atoms with Crippen LogP contribution in [0.3, 0.4) is 0 Å². The summed E-state index contributed by atoms with van der Waals surface area (Å²) in [6.07, 6.45) is 0. The Morgan fingerprint density at radius 1 is 0.419 bits per heavy atom. The van der Waals surface area contributed by atoms with Crippen LogP contribution in [-0.2, 0) is 46.3 Å². The molecule has 0 bridgehead atoms. The molecule has 3 rings (SSSR count). The molecule has 9 nitrogen and oxygen atoms in total. The second kappa shape index (κ2) is 8.51. The van der Waals surface area contributed by atoms with Gasteiger partial charge in [-0.3, -0.25) is 0 Å². The summed E-state index contributed by atoms with van der Waals surface area (Å²) >= 11 is -3.24. The third kappa shape index (κ3) is 5.63. The minimum absolute atomic E-state index is 0.288. The zero-order valence-electron chi connectivity index (χ0n) is 15.7. The summed E-state index contributed by atoms with van der Waals surface area (Å²) in [5.74, 6) is 0. The third-order valence-electron chi connectivity index (χ3n) is 4.89. The van der Waals surface area contributed by atoms with E-state index in [1.165, 1.54) is 72.8 Å². The number of hydrogen-bond donors (Lipinski definition) is 3. The van der Waals surface area contributed by atoms with Crippen LogP contribution in [0, 0.1) is 0 Å². The van der Waals surface area contributed by atoms with Gasteiger partial charge >= 0.3 is 185 Å². The molecule has 13 heteroatoms. The molecule has 0 radical (unpaired) electrons. The second-order valence-corrected chi connectivity index (χ2v) is 18.5. The normalized spacial score (nSPS) is 12.5. The third-order valence-corrected chi connectivity index (χ3v) is 15.6. The molecule has 0 spiro atoms. The van der Waals surface area contributed by atoms with E-state index in [1.54, 1.807) is 0 Å². The van der Waals surface area contributed by atoms with Gasteiger partial charge in [0, 0.05) is 0 Å². The number of rotatable bonds is 6. The summed E-state index contributed by atoms with van der Waals surface area (Å²) in [6, 6.07) is 16.7. The Morgan fingerprint density at radius 2 is 0.613 bits per heavy atom. The standard InChI is InChI=1S/3C6H5O3S.Zn/c3*7-10(8,9)6-4-2-1-3-5-6;/h3*2-5H,(H,7,8,9);. The molecule has 0 atom stereocenters. The Kier molecular flexibility index (Phi) is 6.50. The zero-order valence-corrected chi connectivity index (χ0v) is 21.1. The molecule has 31 heavy (non-hydrogen) atoms. The van der Waals surface area contributed by atoms with Gasteiger partial charge in [0.2, 0.25) is 0 Å². The van der Waals surface area contributed by atoms with Crippen LogP contribution >= 0.6 is 0 Å². The molecule has 3 aromatic rings. The van der Waals surface area contributed by atoms with Gasteiger partial charge in [-0.2, -0.15) is 0 Å². The molecule has 0 aromatic heterocycles. The Labute approximate surface area is 184 Å². The van der Waals surface area contributed by atoms with Crippen molar-refractivity contribution in [3.63, 3.8) is 0 Å². The molecular weight excluding hydrogens is 522 g/mol. The molecule has 0 amide bonds. The first-order chi connectivity index (χ1) is 14.3. The van der Waals surface area contributed by atoms with E-state index in [0.717, 1.165) is 12.5 Å². The van der Waals surface area contributed by atoms with E-state index in [1.807, 2.05) is 0 Å². The molecule has 3 aromatic carbocycles. The van der Waals surface area contributed by atoms with E-state index in [4.69, 9.17) is 0 Å². The average molecular weight is 537 g/mol. The fraction of sp³-hybridized carbons (Fsp3) is 0. The Hall–Kier alpha value is -1.99. The monoisotopic (exact) mass is 535 g/mol. The molecule has 0 aliphatic rings. The van der Waals surface area contributed by atoms with Crippen molar-refractivity contribution in [2.45, 2.75) is 14.7 Å². The van der Waals surface area contributed by atoms with Gasteiger partial charge in [0.25, 0.3) is 0 Å². The van der Waals surface area contributed by atoms with Crippen molar-refractivity contribution in [1.82, 2.24) is 0 Å². The summed E-state index contributed by atoms with van der Waals surface area (Å²) in [4.78, 5) is -0.863. The van der Waals surface area contributed by atoms with Gasteiger partial charge in [-0.05, 0) is 0 Å². The molecule has 0 saturated heterocycles. The van der Waals surface area contributed by atoms with Crippen LogP contribution in [0.2, 0.25) is 0 Å². The van der Waals surface area contributed by atoms with E-state index in [9.17, 15) is 38.9 Å². The molecule has 0 aliphatic carbocycles. The van der Waals surface area contributed by atoms with Crippen LogP contribution in [0.4, 0.5) is 0 Å². The summed E-state index contributed by atoms with van der Waals surface area (Å²) < 4.78 is 97.8. The molecule has 0 heterocycles. The topological polar surface area (TPSA) is 163 Å². The molecule has 0 aliphatic heterocycles. The van der Waals surface area contributed by atoms with Crippen molar-refractivity contribution < 1.29 is 54.9 Å². The van der Waals surface area contributed by atoms with Crippen molar-refractivity contribution in [2.75, 3.05) is 0 Å². The Balaban J connectivity index is 2.14. The van der Waals surface area contributed by atoms with Gasteiger partial charge in [0.15, 0.2) is 0 Å². The molecule has 0 fully saturated rings. The molecule has 3 N–H and O–H groups in total. The second-order valence-electron chi connectivity index (χ2n) is 6.89. The van der Waals surface area contributed by atoms with Gasteiger partial charge in [0.05, 0.1) is 0 Å². The molecule has 161 valence electrons. The Bertz CT molecular complexity index is 1230. The number of hydrogen-bond acceptors (Lipinski definition) is 6. The molecule has 0 unspecified atom stereocenters. The Morgan fingerprint density at radius 3 is 0.774 bits per heavy atom. The fourth-order valence-electron chi connectivity index (χ4n) is 3.40. The number of benzene rings is 3. The van der Waals surface area contributed by atoms with Crippen molar-refractivity contribution in [3.8, 4) is 0 Å². The van der Waals surface area contributed by atoms with Gasteiger partial charge in [-0.1, -0.05) is 0 Å². The van der Waals surface area contributed by atoms with Crippen molar-refractivity contribution >= 4 is 42.8 Å². The summed E-state index contributed by atoms with van der Waals surface area (Å²) in [6.45, 7) is 0. The van der Waals surface area contributed by atoms with Crippen molar-refractivity contribution in [1.29, 1.82) is 0 Å². The summed E-state index contributed by atoms with van der Waals surface area (Å²) in [5.41, 5.74) is 0. The van der Waals surface area contributed by atoms with Gasteiger partial charge in [-0.25, -0.2) is 0 Å². The molecule has 0 saturated carbocycles.